The van der Waals surface area contributed by atoms with Gasteiger partial charge in [-0.25, -0.2) is 0 Å². The summed E-state index contributed by atoms with van der Waals surface area (Å²) in [5, 5.41) is 2.89. The van der Waals surface area contributed by atoms with E-state index in [0.717, 1.165) is 25.9 Å². The molecule has 110 valence electrons. The second kappa shape index (κ2) is 6.27. The number of rotatable bonds is 3. The van der Waals surface area contributed by atoms with Crippen LogP contribution in [0.3, 0.4) is 0 Å². The summed E-state index contributed by atoms with van der Waals surface area (Å²) < 4.78 is 0. The summed E-state index contributed by atoms with van der Waals surface area (Å²) in [5.41, 5.74) is 7.54. The Morgan fingerprint density at radius 1 is 1.30 bits per heavy atom. The molecule has 1 amide bonds. The standard InChI is InChI=1S/C16H25N3O/c1-16(2)8-5-10-19(11-9-16)12-15(20)18-14-7-4-3-6-13(14)17/h3-4,6-7H,5,8-12,17H2,1-2H3,(H,18,20). The van der Waals surface area contributed by atoms with E-state index in [9.17, 15) is 4.79 Å². The third-order valence-electron chi connectivity index (χ3n) is 4.03. The van der Waals surface area contributed by atoms with E-state index < -0.39 is 0 Å². The first-order valence-corrected chi connectivity index (χ1v) is 7.33. The van der Waals surface area contributed by atoms with Crippen molar-refractivity contribution in [1.82, 2.24) is 4.90 Å². The smallest absolute Gasteiger partial charge is 0.238 e. The summed E-state index contributed by atoms with van der Waals surface area (Å²) in [5.74, 6) is 0.0163. The fourth-order valence-electron chi connectivity index (χ4n) is 2.64. The lowest BCUT2D eigenvalue weighted by Gasteiger charge is -2.23. The summed E-state index contributed by atoms with van der Waals surface area (Å²) >= 11 is 0. The molecule has 4 nitrogen and oxygen atoms in total. The minimum Gasteiger partial charge on any atom is -0.397 e. The third kappa shape index (κ3) is 4.23. The zero-order chi connectivity index (χ0) is 14.6. The fraction of sp³-hybridized carbons (Fsp3) is 0.562. The highest BCUT2D eigenvalue weighted by Crippen LogP contribution is 2.29. The summed E-state index contributed by atoms with van der Waals surface area (Å²) in [6.07, 6.45) is 3.54. The molecular weight excluding hydrogens is 250 g/mol. The number of likely N-dealkylation sites (tertiary alicyclic amines) is 1. The first-order chi connectivity index (χ1) is 9.46. The van der Waals surface area contributed by atoms with Crippen molar-refractivity contribution in [2.24, 2.45) is 5.41 Å². The van der Waals surface area contributed by atoms with E-state index >= 15 is 0 Å². The van der Waals surface area contributed by atoms with Gasteiger partial charge < -0.3 is 11.1 Å². The highest BCUT2D eigenvalue weighted by Gasteiger charge is 2.23. The Morgan fingerprint density at radius 3 is 2.80 bits per heavy atom. The average molecular weight is 275 g/mol. The van der Waals surface area contributed by atoms with Gasteiger partial charge in [-0.1, -0.05) is 26.0 Å². The van der Waals surface area contributed by atoms with Gasteiger partial charge in [0.2, 0.25) is 5.91 Å². The van der Waals surface area contributed by atoms with Gasteiger partial charge in [-0.15, -0.1) is 0 Å². The largest absolute Gasteiger partial charge is 0.397 e. The van der Waals surface area contributed by atoms with Crippen LogP contribution >= 0.6 is 0 Å². The van der Waals surface area contributed by atoms with Gasteiger partial charge in [-0.05, 0) is 49.9 Å². The van der Waals surface area contributed by atoms with Crippen LogP contribution in [0, 0.1) is 5.41 Å². The lowest BCUT2D eigenvalue weighted by Crippen LogP contribution is -2.34. The van der Waals surface area contributed by atoms with Crippen LogP contribution in [-0.2, 0) is 4.79 Å². The number of benzene rings is 1. The Labute approximate surface area is 121 Å². The van der Waals surface area contributed by atoms with E-state index in [1.54, 1.807) is 6.07 Å². The molecule has 0 radical (unpaired) electrons. The number of nitrogens with zero attached hydrogens (tertiary/aromatic N) is 1. The van der Waals surface area contributed by atoms with Gasteiger partial charge in [0.1, 0.15) is 0 Å². The number of anilines is 2. The van der Waals surface area contributed by atoms with Crippen LogP contribution in [-0.4, -0.2) is 30.4 Å². The normalized spacial score (nSPS) is 19.3. The first-order valence-electron chi connectivity index (χ1n) is 7.33. The molecule has 1 saturated heterocycles. The van der Waals surface area contributed by atoms with Gasteiger partial charge in [0.25, 0.3) is 0 Å². The molecule has 0 aromatic heterocycles. The van der Waals surface area contributed by atoms with Crippen molar-refractivity contribution in [2.75, 3.05) is 30.7 Å². The molecule has 1 aromatic carbocycles. The number of carbonyl (C=O) groups is 1. The lowest BCUT2D eigenvalue weighted by molar-refractivity contribution is -0.117. The Balaban J connectivity index is 1.87. The highest BCUT2D eigenvalue weighted by molar-refractivity contribution is 5.95. The Hall–Kier alpha value is -1.55. The molecule has 2 rings (SSSR count). The molecule has 4 heteroatoms. The van der Waals surface area contributed by atoms with Crippen molar-refractivity contribution in [2.45, 2.75) is 33.1 Å². The molecule has 0 spiro atoms. The Morgan fingerprint density at radius 2 is 2.05 bits per heavy atom. The molecule has 0 saturated carbocycles. The number of para-hydroxylation sites is 2. The maximum absolute atomic E-state index is 12.1. The van der Waals surface area contributed by atoms with Crippen molar-refractivity contribution in [3.8, 4) is 0 Å². The second-order valence-corrected chi connectivity index (χ2v) is 6.43. The average Bonchev–Trinajstić information content (AvgIpc) is 2.54. The molecule has 0 aliphatic carbocycles. The quantitative estimate of drug-likeness (QED) is 0.834. The predicted octanol–water partition coefficient (Wildman–Crippen LogP) is 2.72. The minimum atomic E-state index is 0.0163. The number of hydrogen-bond donors (Lipinski definition) is 2. The minimum absolute atomic E-state index is 0.0163. The third-order valence-corrected chi connectivity index (χ3v) is 4.03. The van der Waals surface area contributed by atoms with E-state index in [2.05, 4.69) is 24.1 Å². The molecule has 1 aromatic rings. The van der Waals surface area contributed by atoms with Crippen molar-refractivity contribution >= 4 is 17.3 Å². The maximum Gasteiger partial charge on any atom is 0.238 e. The molecule has 3 N–H and O–H groups in total. The van der Waals surface area contributed by atoms with Crippen molar-refractivity contribution < 1.29 is 4.79 Å². The number of nitrogens with two attached hydrogens (primary N) is 1. The number of nitrogens with one attached hydrogen (secondary N) is 1. The van der Waals surface area contributed by atoms with E-state index in [1.807, 2.05) is 18.2 Å². The number of hydrogen-bond acceptors (Lipinski definition) is 3. The fourth-order valence-corrected chi connectivity index (χ4v) is 2.64. The van der Waals surface area contributed by atoms with Gasteiger partial charge in [0, 0.05) is 0 Å². The van der Waals surface area contributed by atoms with Crippen LogP contribution in [0.4, 0.5) is 11.4 Å². The van der Waals surface area contributed by atoms with Gasteiger partial charge in [-0.2, -0.15) is 0 Å². The molecule has 0 unspecified atom stereocenters. The summed E-state index contributed by atoms with van der Waals surface area (Å²) in [4.78, 5) is 14.3. The topological polar surface area (TPSA) is 58.4 Å². The summed E-state index contributed by atoms with van der Waals surface area (Å²) in [6, 6.07) is 7.37. The molecule has 1 aliphatic rings. The van der Waals surface area contributed by atoms with Gasteiger partial charge in [0.05, 0.1) is 17.9 Å². The maximum atomic E-state index is 12.1. The van der Waals surface area contributed by atoms with Crippen molar-refractivity contribution in [3.05, 3.63) is 24.3 Å². The van der Waals surface area contributed by atoms with Crippen molar-refractivity contribution in [3.63, 3.8) is 0 Å². The number of nitrogen functional groups attached to an aromatic ring is 1. The van der Waals surface area contributed by atoms with Crippen LogP contribution in [0.1, 0.15) is 33.1 Å². The SMILES string of the molecule is CC1(C)CCCN(CC(=O)Nc2ccccc2N)CC1. The monoisotopic (exact) mass is 275 g/mol. The number of carbonyl (C=O) groups excluding carboxylic acids is 1. The van der Waals surface area contributed by atoms with E-state index in [0.29, 0.717) is 23.3 Å². The van der Waals surface area contributed by atoms with Crippen LogP contribution in [0.2, 0.25) is 0 Å². The zero-order valence-electron chi connectivity index (χ0n) is 12.5. The molecular formula is C16H25N3O. The molecule has 1 fully saturated rings. The van der Waals surface area contributed by atoms with Gasteiger partial charge in [0.15, 0.2) is 0 Å². The van der Waals surface area contributed by atoms with E-state index in [1.165, 1.54) is 6.42 Å². The van der Waals surface area contributed by atoms with Crippen molar-refractivity contribution in [1.29, 1.82) is 0 Å². The first kappa shape index (κ1) is 14.9. The predicted molar refractivity (Wildman–Crippen MR) is 83.6 cm³/mol. The van der Waals surface area contributed by atoms with Crippen LogP contribution < -0.4 is 11.1 Å². The molecule has 0 atom stereocenters. The second-order valence-electron chi connectivity index (χ2n) is 6.43. The van der Waals surface area contributed by atoms with Gasteiger partial charge >= 0.3 is 0 Å². The number of amides is 1. The summed E-state index contributed by atoms with van der Waals surface area (Å²) in [6.45, 7) is 7.05. The van der Waals surface area contributed by atoms with E-state index in [-0.39, 0.29) is 5.91 Å². The molecule has 1 aliphatic heterocycles. The van der Waals surface area contributed by atoms with Crippen LogP contribution in [0.15, 0.2) is 24.3 Å². The van der Waals surface area contributed by atoms with Crippen LogP contribution in [0.25, 0.3) is 0 Å². The zero-order valence-corrected chi connectivity index (χ0v) is 12.5. The Kier molecular flexibility index (Phi) is 4.65. The Bertz CT molecular complexity index is 471. The molecule has 1 heterocycles. The van der Waals surface area contributed by atoms with E-state index in [4.69, 9.17) is 5.73 Å². The lowest BCUT2D eigenvalue weighted by atomic mass is 9.85. The summed E-state index contributed by atoms with van der Waals surface area (Å²) in [7, 11) is 0. The molecule has 0 bridgehead atoms. The molecule has 20 heavy (non-hydrogen) atoms. The van der Waals surface area contributed by atoms with Crippen LogP contribution in [0.5, 0.6) is 0 Å². The van der Waals surface area contributed by atoms with Gasteiger partial charge in [-0.3, -0.25) is 9.69 Å². The highest BCUT2D eigenvalue weighted by atomic mass is 16.2.